The van der Waals surface area contributed by atoms with Gasteiger partial charge < -0.3 is 4.57 Å². The van der Waals surface area contributed by atoms with Crippen molar-refractivity contribution in [1.82, 2.24) is 24.1 Å². The molecule has 0 aliphatic carbocycles. The van der Waals surface area contributed by atoms with Crippen LogP contribution in [-0.4, -0.2) is 24.1 Å². The normalized spacial score (nSPS) is 12.3. The van der Waals surface area contributed by atoms with Crippen LogP contribution in [0.3, 0.4) is 0 Å². The molecule has 46 heavy (non-hydrogen) atoms. The first-order valence-corrected chi connectivity index (χ1v) is 15.5. The Morgan fingerprint density at radius 3 is 1.65 bits per heavy atom. The Balaban J connectivity index is 1.30. The summed E-state index contributed by atoms with van der Waals surface area (Å²) in [5, 5.41) is 4.82. The van der Waals surface area contributed by atoms with Crippen LogP contribution in [0, 0.1) is 0 Å². The summed E-state index contributed by atoms with van der Waals surface area (Å²) in [4.78, 5) is 15.2. The summed E-state index contributed by atoms with van der Waals surface area (Å²) < 4.78 is 4.63. The standard InChI is InChI=1S/C41H25N5/c1-3-12-27(13-4-1)39-42-40(28-14-5-2-6-15-28)44-41(43-39)46-35-21-10-8-18-31(35)33-25-36-29(24-37(33)46)23-22-26-16-11-19-32-30-17-7-9-20-34(30)45(36)38(26)32/h1-25H. The maximum absolute atomic E-state index is 5.12. The van der Waals surface area contributed by atoms with Gasteiger partial charge in [0.15, 0.2) is 11.6 Å². The van der Waals surface area contributed by atoms with Gasteiger partial charge in [-0.25, -0.2) is 4.98 Å². The van der Waals surface area contributed by atoms with Crippen LogP contribution in [0.4, 0.5) is 0 Å². The predicted molar refractivity (Wildman–Crippen MR) is 188 cm³/mol. The fraction of sp³-hybridized carbons (Fsp3) is 0. The lowest BCUT2D eigenvalue weighted by Gasteiger charge is -2.13. The molecule has 0 saturated heterocycles. The Hall–Kier alpha value is -6.33. The highest BCUT2D eigenvalue weighted by atomic mass is 15.2. The maximum atomic E-state index is 5.12. The zero-order valence-electron chi connectivity index (χ0n) is 24.7. The van der Waals surface area contributed by atoms with Gasteiger partial charge in [-0.1, -0.05) is 127 Å². The van der Waals surface area contributed by atoms with E-state index in [-0.39, 0.29) is 0 Å². The van der Waals surface area contributed by atoms with E-state index < -0.39 is 0 Å². The van der Waals surface area contributed by atoms with E-state index >= 15 is 0 Å². The van der Waals surface area contributed by atoms with Gasteiger partial charge >= 0.3 is 0 Å². The second-order valence-corrected chi connectivity index (χ2v) is 11.7. The molecular weight excluding hydrogens is 562 g/mol. The second kappa shape index (κ2) is 9.58. The summed E-state index contributed by atoms with van der Waals surface area (Å²) in [6.07, 6.45) is 4.48. The molecule has 1 aliphatic heterocycles. The first-order chi connectivity index (χ1) is 22.8. The van der Waals surface area contributed by atoms with Crippen LogP contribution in [0.2, 0.25) is 0 Å². The van der Waals surface area contributed by atoms with Crippen molar-refractivity contribution in [2.45, 2.75) is 0 Å². The Morgan fingerprint density at radius 2 is 0.957 bits per heavy atom. The van der Waals surface area contributed by atoms with Crippen molar-refractivity contribution >= 4 is 55.8 Å². The van der Waals surface area contributed by atoms with Crippen molar-refractivity contribution in [2.24, 2.45) is 0 Å². The van der Waals surface area contributed by atoms with Crippen molar-refractivity contribution in [3.63, 3.8) is 0 Å². The van der Waals surface area contributed by atoms with Crippen LogP contribution < -0.4 is 0 Å². The van der Waals surface area contributed by atoms with Crippen LogP contribution in [0.1, 0.15) is 11.1 Å². The van der Waals surface area contributed by atoms with E-state index in [1.807, 2.05) is 60.7 Å². The number of aromatic nitrogens is 5. The minimum absolute atomic E-state index is 0.591. The van der Waals surface area contributed by atoms with Crippen LogP contribution in [0.15, 0.2) is 140 Å². The van der Waals surface area contributed by atoms with Crippen molar-refractivity contribution in [2.75, 3.05) is 0 Å². The Morgan fingerprint density at radius 1 is 0.391 bits per heavy atom. The van der Waals surface area contributed by atoms with Crippen molar-refractivity contribution in [3.8, 4) is 34.4 Å². The lowest BCUT2D eigenvalue weighted by atomic mass is 10.1. The first-order valence-electron chi connectivity index (χ1n) is 15.5. The number of nitrogens with zero attached hydrogens (tertiary/aromatic N) is 5. The van der Waals surface area contributed by atoms with Crippen LogP contribution in [0.5, 0.6) is 0 Å². The van der Waals surface area contributed by atoms with Gasteiger partial charge in [-0.3, -0.25) is 4.57 Å². The fourth-order valence-electron chi connectivity index (χ4n) is 7.07. The summed E-state index contributed by atoms with van der Waals surface area (Å²) in [5.41, 5.74) is 9.93. The maximum Gasteiger partial charge on any atom is 0.238 e. The lowest BCUT2D eigenvalue weighted by molar-refractivity contribution is 0.953. The number of rotatable bonds is 3. The van der Waals surface area contributed by atoms with E-state index in [4.69, 9.17) is 15.0 Å². The molecule has 0 fully saturated rings. The predicted octanol–water partition coefficient (Wildman–Crippen LogP) is 9.88. The van der Waals surface area contributed by atoms with Crippen LogP contribution in [0.25, 0.3) is 90.2 Å². The lowest BCUT2D eigenvalue weighted by Crippen LogP contribution is -2.06. The minimum Gasteiger partial charge on any atom is -0.308 e. The first kappa shape index (κ1) is 25.0. The Kier molecular flexibility index (Phi) is 5.22. The van der Waals surface area contributed by atoms with Gasteiger partial charge in [0.25, 0.3) is 0 Å². The quantitative estimate of drug-likeness (QED) is 0.207. The highest BCUT2D eigenvalue weighted by molar-refractivity contribution is 6.15. The highest BCUT2D eigenvalue weighted by Gasteiger charge is 2.23. The number of hydrogen-bond acceptors (Lipinski definition) is 3. The van der Waals surface area contributed by atoms with Crippen molar-refractivity contribution in [3.05, 3.63) is 151 Å². The van der Waals surface area contributed by atoms with E-state index in [2.05, 4.69) is 100 Å². The number of fused-ring (bicyclic) bond motifs is 8. The van der Waals surface area contributed by atoms with Crippen molar-refractivity contribution in [1.29, 1.82) is 0 Å². The molecule has 0 unspecified atom stereocenters. The van der Waals surface area contributed by atoms with E-state index in [9.17, 15) is 0 Å². The smallest absolute Gasteiger partial charge is 0.238 e. The SMILES string of the molecule is C1=Cc2cccc3c4ccccc4n(c23)-c2cc3c4ccccc4n(-c4nc(-c5ccccc5)nc(-c5ccccc5)n4)c3cc21. The van der Waals surface area contributed by atoms with Crippen LogP contribution >= 0.6 is 0 Å². The molecule has 3 aromatic heterocycles. The Bertz CT molecular complexity index is 2620. The van der Waals surface area contributed by atoms with E-state index in [0.29, 0.717) is 17.6 Å². The van der Waals surface area contributed by atoms with Gasteiger partial charge in [0.2, 0.25) is 5.95 Å². The third-order valence-corrected chi connectivity index (χ3v) is 9.12. The minimum atomic E-state index is 0.591. The molecule has 0 N–H and O–H groups in total. The second-order valence-electron chi connectivity index (χ2n) is 11.7. The van der Waals surface area contributed by atoms with Gasteiger partial charge in [-0.05, 0) is 29.8 Å². The van der Waals surface area contributed by atoms with Gasteiger partial charge in [0.1, 0.15) is 0 Å². The highest BCUT2D eigenvalue weighted by Crippen LogP contribution is 2.41. The summed E-state index contributed by atoms with van der Waals surface area (Å²) in [6, 6.07) is 48.7. The largest absolute Gasteiger partial charge is 0.308 e. The summed E-state index contributed by atoms with van der Waals surface area (Å²) in [7, 11) is 0. The number of benzene rings is 6. The molecule has 6 aromatic carbocycles. The summed E-state index contributed by atoms with van der Waals surface area (Å²) in [5.74, 6) is 1.87. The molecule has 1 aliphatic rings. The molecule has 9 aromatic rings. The van der Waals surface area contributed by atoms with Gasteiger partial charge in [-0.2, -0.15) is 9.97 Å². The molecule has 10 rings (SSSR count). The molecule has 4 heterocycles. The molecular formula is C41H25N5. The monoisotopic (exact) mass is 587 g/mol. The zero-order valence-corrected chi connectivity index (χ0v) is 24.7. The molecule has 5 heteroatoms. The third-order valence-electron chi connectivity index (χ3n) is 9.12. The molecule has 5 nitrogen and oxygen atoms in total. The van der Waals surface area contributed by atoms with E-state index in [1.54, 1.807) is 0 Å². The van der Waals surface area contributed by atoms with E-state index in [1.165, 1.54) is 27.4 Å². The van der Waals surface area contributed by atoms with E-state index in [0.717, 1.165) is 44.2 Å². The molecule has 0 saturated carbocycles. The average Bonchev–Trinajstić information content (AvgIpc) is 3.57. The average molecular weight is 588 g/mol. The van der Waals surface area contributed by atoms with Crippen LogP contribution in [-0.2, 0) is 0 Å². The molecule has 0 bridgehead atoms. The number of para-hydroxylation sites is 3. The summed E-state index contributed by atoms with van der Waals surface area (Å²) in [6.45, 7) is 0. The molecule has 0 amide bonds. The summed E-state index contributed by atoms with van der Waals surface area (Å²) >= 11 is 0. The molecule has 0 atom stereocenters. The molecule has 0 radical (unpaired) electrons. The van der Waals surface area contributed by atoms with Gasteiger partial charge in [0.05, 0.1) is 27.8 Å². The fourth-order valence-corrected chi connectivity index (χ4v) is 7.07. The molecule has 214 valence electrons. The van der Waals surface area contributed by atoms with Gasteiger partial charge in [-0.15, -0.1) is 0 Å². The number of hydrogen-bond donors (Lipinski definition) is 0. The third kappa shape index (κ3) is 3.60. The van der Waals surface area contributed by atoms with Gasteiger partial charge in [0, 0.05) is 38.2 Å². The van der Waals surface area contributed by atoms with Crippen molar-refractivity contribution < 1.29 is 0 Å². The Labute approximate surface area is 264 Å². The molecule has 0 spiro atoms. The topological polar surface area (TPSA) is 48.5 Å². The zero-order chi connectivity index (χ0) is 30.2.